The quantitative estimate of drug-likeness (QED) is 0.742. The van der Waals surface area contributed by atoms with Gasteiger partial charge in [-0.3, -0.25) is 9.78 Å². The van der Waals surface area contributed by atoms with Gasteiger partial charge in [-0.1, -0.05) is 25.0 Å². The van der Waals surface area contributed by atoms with Crippen molar-refractivity contribution < 1.29 is 9.53 Å². The molecule has 138 valence electrons. The summed E-state index contributed by atoms with van der Waals surface area (Å²) in [5, 5.41) is 3.07. The number of hydrogen-bond donors (Lipinski definition) is 1. The van der Waals surface area contributed by atoms with Gasteiger partial charge in [0.15, 0.2) is 6.10 Å². The van der Waals surface area contributed by atoms with Crippen molar-refractivity contribution in [1.82, 2.24) is 15.3 Å². The molecule has 27 heavy (non-hydrogen) atoms. The van der Waals surface area contributed by atoms with E-state index in [1.807, 2.05) is 48.5 Å². The van der Waals surface area contributed by atoms with Crippen LogP contribution in [-0.2, 0) is 4.79 Å². The minimum absolute atomic E-state index is 0.0497. The molecular formula is C22H23N3O2. The van der Waals surface area contributed by atoms with Crippen molar-refractivity contribution in [2.75, 3.05) is 0 Å². The highest BCUT2D eigenvalue weighted by Crippen LogP contribution is 2.23. The molecule has 0 unspecified atom stereocenters. The molecule has 0 spiro atoms. The van der Waals surface area contributed by atoms with Crippen molar-refractivity contribution in [3.05, 3.63) is 54.7 Å². The highest BCUT2D eigenvalue weighted by molar-refractivity contribution is 5.81. The van der Waals surface area contributed by atoms with Crippen molar-refractivity contribution in [3.8, 4) is 17.0 Å². The maximum Gasteiger partial charge on any atom is 0.260 e. The maximum atomic E-state index is 12.3. The summed E-state index contributed by atoms with van der Waals surface area (Å²) >= 11 is 0. The number of ether oxygens (including phenoxy) is 1. The first-order valence-corrected chi connectivity index (χ1v) is 9.48. The first-order valence-electron chi connectivity index (χ1n) is 9.48. The molecule has 1 fully saturated rings. The van der Waals surface area contributed by atoms with Gasteiger partial charge >= 0.3 is 0 Å². The van der Waals surface area contributed by atoms with Crippen LogP contribution in [0.15, 0.2) is 54.7 Å². The third-order valence-electron chi connectivity index (χ3n) is 4.98. The van der Waals surface area contributed by atoms with Crippen LogP contribution in [0.4, 0.5) is 0 Å². The number of benzene rings is 2. The van der Waals surface area contributed by atoms with Gasteiger partial charge in [-0.15, -0.1) is 0 Å². The van der Waals surface area contributed by atoms with Gasteiger partial charge in [-0.25, -0.2) is 4.98 Å². The second kappa shape index (κ2) is 7.74. The Balaban J connectivity index is 1.42. The molecule has 3 aromatic rings. The molecule has 1 saturated carbocycles. The lowest BCUT2D eigenvalue weighted by Crippen LogP contribution is -2.41. The Morgan fingerprint density at radius 2 is 1.78 bits per heavy atom. The summed E-state index contributed by atoms with van der Waals surface area (Å²) in [7, 11) is 0. The summed E-state index contributed by atoms with van der Waals surface area (Å²) in [6.45, 7) is 1.78. The minimum Gasteiger partial charge on any atom is -0.481 e. The molecule has 1 amide bonds. The molecule has 2 aromatic carbocycles. The molecule has 5 heteroatoms. The van der Waals surface area contributed by atoms with Crippen LogP contribution in [0.2, 0.25) is 0 Å². The Hall–Kier alpha value is -2.95. The number of nitrogens with one attached hydrogen (secondary N) is 1. The number of aromatic nitrogens is 2. The van der Waals surface area contributed by atoms with Gasteiger partial charge in [0, 0.05) is 11.6 Å². The summed E-state index contributed by atoms with van der Waals surface area (Å²) in [6.07, 6.45) is 5.78. The van der Waals surface area contributed by atoms with Gasteiger partial charge in [-0.05, 0) is 56.2 Å². The van der Waals surface area contributed by atoms with Crippen LogP contribution in [-0.4, -0.2) is 28.0 Å². The summed E-state index contributed by atoms with van der Waals surface area (Å²) < 4.78 is 5.80. The summed E-state index contributed by atoms with van der Waals surface area (Å²) in [5.41, 5.74) is 3.52. The zero-order valence-electron chi connectivity index (χ0n) is 15.4. The number of nitrogens with zero attached hydrogens (tertiary/aromatic N) is 2. The Morgan fingerprint density at radius 1 is 1.07 bits per heavy atom. The lowest BCUT2D eigenvalue weighted by Gasteiger charge is -2.18. The molecule has 0 aliphatic heterocycles. The zero-order valence-corrected chi connectivity index (χ0v) is 15.4. The molecule has 0 bridgehead atoms. The minimum atomic E-state index is -0.517. The van der Waals surface area contributed by atoms with E-state index in [1.54, 1.807) is 13.1 Å². The molecular weight excluding hydrogens is 338 g/mol. The smallest absolute Gasteiger partial charge is 0.260 e. The van der Waals surface area contributed by atoms with Gasteiger partial charge in [0.25, 0.3) is 5.91 Å². The lowest BCUT2D eigenvalue weighted by molar-refractivity contribution is -0.127. The molecule has 0 saturated heterocycles. The van der Waals surface area contributed by atoms with E-state index < -0.39 is 6.10 Å². The number of hydrogen-bond acceptors (Lipinski definition) is 4. The van der Waals surface area contributed by atoms with Crippen LogP contribution in [0.3, 0.4) is 0 Å². The predicted octanol–water partition coefficient (Wildman–Crippen LogP) is 4.12. The fourth-order valence-corrected chi connectivity index (χ4v) is 3.45. The second-order valence-electron chi connectivity index (χ2n) is 7.02. The number of carbonyl (C=O) groups is 1. The summed E-state index contributed by atoms with van der Waals surface area (Å²) in [6, 6.07) is 15.7. The summed E-state index contributed by atoms with van der Waals surface area (Å²) in [5.74, 6) is 0.618. The Bertz CT molecular complexity index is 934. The van der Waals surface area contributed by atoms with E-state index in [-0.39, 0.29) is 5.91 Å². The summed E-state index contributed by atoms with van der Waals surface area (Å²) in [4.78, 5) is 21.4. The Labute approximate surface area is 158 Å². The first kappa shape index (κ1) is 17.5. The van der Waals surface area contributed by atoms with E-state index in [9.17, 15) is 4.79 Å². The number of amides is 1. The van der Waals surface area contributed by atoms with Crippen molar-refractivity contribution in [2.24, 2.45) is 0 Å². The number of carbonyl (C=O) groups excluding carboxylic acids is 1. The van der Waals surface area contributed by atoms with E-state index in [0.717, 1.165) is 35.1 Å². The normalized spacial score (nSPS) is 15.6. The van der Waals surface area contributed by atoms with Gasteiger partial charge in [0.2, 0.25) is 0 Å². The highest BCUT2D eigenvalue weighted by Gasteiger charge is 2.21. The molecule has 0 radical (unpaired) electrons. The Kier molecular flexibility index (Phi) is 5.01. The standard InChI is InChI=1S/C22H23N3O2/c1-15(22(26)24-17-6-2-3-7-17)27-18-12-10-16(11-13-18)21-14-23-19-8-4-5-9-20(19)25-21/h4-5,8-15,17H,2-3,6-7H2,1H3,(H,24,26)/t15-/m1/s1. The van der Waals surface area contributed by atoms with Crippen LogP contribution in [0.1, 0.15) is 32.6 Å². The topological polar surface area (TPSA) is 64.1 Å². The van der Waals surface area contributed by atoms with Crippen molar-refractivity contribution in [2.45, 2.75) is 44.8 Å². The third kappa shape index (κ3) is 4.08. The van der Waals surface area contributed by atoms with Crippen LogP contribution in [0.5, 0.6) is 5.75 Å². The number of para-hydroxylation sites is 2. The lowest BCUT2D eigenvalue weighted by atomic mass is 10.1. The van der Waals surface area contributed by atoms with E-state index in [0.29, 0.717) is 11.8 Å². The van der Waals surface area contributed by atoms with Crippen LogP contribution in [0, 0.1) is 0 Å². The SMILES string of the molecule is C[C@@H](Oc1ccc(-c2cnc3ccccc3n2)cc1)C(=O)NC1CCCC1. The first-order chi connectivity index (χ1) is 13.2. The number of rotatable bonds is 5. The van der Waals surface area contributed by atoms with E-state index >= 15 is 0 Å². The van der Waals surface area contributed by atoms with Crippen LogP contribution in [0.25, 0.3) is 22.3 Å². The van der Waals surface area contributed by atoms with E-state index in [1.165, 1.54) is 12.8 Å². The molecule has 1 aliphatic carbocycles. The molecule has 5 nitrogen and oxygen atoms in total. The van der Waals surface area contributed by atoms with E-state index in [4.69, 9.17) is 4.74 Å². The zero-order chi connectivity index (χ0) is 18.6. The van der Waals surface area contributed by atoms with Gasteiger partial charge < -0.3 is 10.1 Å². The average Bonchev–Trinajstić information content (AvgIpc) is 3.21. The van der Waals surface area contributed by atoms with Crippen LogP contribution < -0.4 is 10.1 Å². The van der Waals surface area contributed by atoms with Gasteiger partial charge in [-0.2, -0.15) is 0 Å². The van der Waals surface area contributed by atoms with Crippen LogP contribution >= 0.6 is 0 Å². The second-order valence-corrected chi connectivity index (χ2v) is 7.02. The van der Waals surface area contributed by atoms with E-state index in [2.05, 4.69) is 15.3 Å². The molecule has 1 heterocycles. The van der Waals surface area contributed by atoms with Crippen molar-refractivity contribution in [3.63, 3.8) is 0 Å². The predicted molar refractivity (Wildman–Crippen MR) is 105 cm³/mol. The van der Waals surface area contributed by atoms with Gasteiger partial charge in [0.1, 0.15) is 5.75 Å². The largest absolute Gasteiger partial charge is 0.481 e. The monoisotopic (exact) mass is 361 g/mol. The fraction of sp³-hybridized carbons (Fsp3) is 0.318. The molecule has 1 atom stereocenters. The Morgan fingerprint density at radius 3 is 2.52 bits per heavy atom. The van der Waals surface area contributed by atoms with Crippen molar-refractivity contribution in [1.29, 1.82) is 0 Å². The molecule has 1 N–H and O–H groups in total. The molecule has 1 aliphatic rings. The molecule has 4 rings (SSSR count). The van der Waals surface area contributed by atoms with Crippen molar-refractivity contribution >= 4 is 16.9 Å². The van der Waals surface area contributed by atoms with Gasteiger partial charge in [0.05, 0.1) is 22.9 Å². The third-order valence-corrected chi connectivity index (χ3v) is 4.98. The fourth-order valence-electron chi connectivity index (χ4n) is 3.45. The molecule has 1 aromatic heterocycles. The average molecular weight is 361 g/mol. The maximum absolute atomic E-state index is 12.3. The highest BCUT2D eigenvalue weighted by atomic mass is 16.5. The number of fused-ring (bicyclic) bond motifs is 1.